The molecule has 1 aromatic rings. The molecule has 0 radical (unpaired) electrons. The van der Waals surface area contributed by atoms with Crippen LogP contribution in [0.25, 0.3) is 0 Å². The van der Waals surface area contributed by atoms with Crippen LogP contribution in [0.1, 0.15) is 11.3 Å². The average Bonchev–Trinajstić information content (AvgIpc) is 2.79. The van der Waals surface area contributed by atoms with Gasteiger partial charge < -0.3 is 5.11 Å². The first-order valence-corrected chi connectivity index (χ1v) is 5.00. The van der Waals surface area contributed by atoms with Gasteiger partial charge in [-0.25, -0.2) is 4.79 Å². The van der Waals surface area contributed by atoms with E-state index in [-0.39, 0.29) is 0 Å². The number of aryl methyl sites for hydroxylation is 1. The van der Waals surface area contributed by atoms with Crippen molar-refractivity contribution in [3.63, 3.8) is 0 Å². The van der Waals surface area contributed by atoms with Crippen molar-refractivity contribution in [2.45, 2.75) is 12.5 Å². The number of nitrogens with zero attached hydrogens (tertiary/aromatic N) is 2. The predicted molar refractivity (Wildman–Crippen MR) is 60.9 cm³/mol. The highest BCUT2D eigenvalue weighted by molar-refractivity contribution is 6.37. The van der Waals surface area contributed by atoms with Gasteiger partial charge in [-0.3, -0.25) is 14.8 Å². The fourth-order valence-electron chi connectivity index (χ4n) is 1.64. The molecule has 2 heterocycles. The summed E-state index contributed by atoms with van der Waals surface area (Å²) in [4.78, 5) is 30.6. The standard InChI is InChI=1S/C12H10N2O3/c1-8-3-4-9(13-7-8)12(5-2-6-14-12)10(15)11(16)17/h2-7H,1H3,(H,16,17). The number of pyridine rings is 1. The number of carboxylic acid groups (broad SMARTS) is 1. The molecule has 1 aliphatic rings. The monoisotopic (exact) mass is 230 g/mol. The topological polar surface area (TPSA) is 79.6 Å². The second-order valence-electron chi connectivity index (χ2n) is 3.76. The normalized spacial score (nSPS) is 21.7. The molecule has 17 heavy (non-hydrogen) atoms. The van der Waals surface area contributed by atoms with Crippen LogP contribution in [0.15, 0.2) is 35.5 Å². The average molecular weight is 230 g/mol. The van der Waals surface area contributed by atoms with Crippen molar-refractivity contribution in [3.05, 3.63) is 41.7 Å². The summed E-state index contributed by atoms with van der Waals surface area (Å²) in [5, 5.41) is 8.84. The van der Waals surface area contributed by atoms with E-state index in [1.54, 1.807) is 24.4 Å². The van der Waals surface area contributed by atoms with Gasteiger partial charge in [0.15, 0.2) is 5.54 Å². The third kappa shape index (κ3) is 1.75. The lowest BCUT2D eigenvalue weighted by atomic mass is 9.90. The highest BCUT2D eigenvalue weighted by atomic mass is 16.4. The Bertz CT molecular complexity index is 517. The minimum Gasteiger partial charge on any atom is -0.475 e. The molecule has 0 bridgehead atoms. The molecule has 0 spiro atoms. The molecule has 1 unspecified atom stereocenters. The second-order valence-corrected chi connectivity index (χ2v) is 3.76. The lowest BCUT2D eigenvalue weighted by Crippen LogP contribution is -2.37. The molecule has 1 aromatic heterocycles. The highest BCUT2D eigenvalue weighted by Crippen LogP contribution is 2.30. The van der Waals surface area contributed by atoms with Crippen LogP contribution in [0, 0.1) is 6.92 Å². The second kappa shape index (κ2) is 3.93. The van der Waals surface area contributed by atoms with E-state index in [0.29, 0.717) is 5.69 Å². The number of hydrogen-bond donors (Lipinski definition) is 1. The summed E-state index contributed by atoms with van der Waals surface area (Å²) in [6, 6.07) is 3.38. The van der Waals surface area contributed by atoms with Crippen LogP contribution in [0.5, 0.6) is 0 Å². The van der Waals surface area contributed by atoms with Crippen molar-refractivity contribution in [2.75, 3.05) is 0 Å². The Labute approximate surface area is 97.5 Å². The van der Waals surface area contributed by atoms with Crippen molar-refractivity contribution in [1.82, 2.24) is 4.98 Å². The van der Waals surface area contributed by atoms with E-state index in [2.05, 4.69) is 9.98 Å². The van der Waals surface area contributed by atoms with Crippen molar-refractivity contribution < 1.29 is 14.7 Å². The molecule has 1 atom stereocenters. The predicted octanol–water partition coefficient (Wildman–Crippen LogP) is 0.880. The summed E-state index contributed by atoms with van der Waals surface area (Å²) in [5.74, 6) is -2.52. The highest BCUT2D eigenvalue weighted by Gasteiger charge is 2.43. The van der Waals surface area contributed by atoms with Crippen LogP contribution in [-0.2, 0) is 15.1 Å². The third-order valence-corrected chi connectivity index (χ3v) is 2.54. The number of aliphatic carboxylic acids is 1. The number of Topliss-reactive ketones (excluding diaryl/α,β-unsaturated/α-hetero) is 1. The number of aliphatic imine (C=N–C) groups is 1. The van der Waals surface area contributed by atoms with Gasteiger partial charge >= 0.3 is 5.97 Å². The Morgan fingerprint density at radius 3 is 2.59 bits per heavy atom. The molecule has 1 N–H and O–H groups in total. The molecule has 0 fully saturated rings. The number of carbonyl (C=O) groups excluding carboxylic acids is 1. The van der Waals surface area contributed by atoms with Crippen LogP contribution in [0.3, 0.4) is 0 Å². The van der Waals surface area contributed by atoms with Gasteiger partial charge in [-0.05, 0) is 30.7 Å². The Morgan fingerprint density at radius 2 is 2.12 bits per heavy atom. The van der Waals surface area contributed by atoms with E-state index >= 15 is 0 Å². The number of aromatic nitrogens is 1. The van der Waals surface area contributed by atoms with Gasteiger partial charge in [0.25, 0.3) is 5.78 Å². The van der Waals surface area contributed by atoms with Gasteiger partial charge in [-0.15, -0.1) is 0 Å². The van der Waals surface area contributed by atoms with Gasteiger partial charge in [0.1, 0.15) is 0 Å². The van der Waals surface area contributed by atoms with E-state index in [9.17, 15) is 9.59 Å². The van der Waals surface area contributed by atoms with Crippen molar-refractivity contribution >= 4 is 18.0 Å². The first kappa shape index (κ1) is 11.2. The molecule has 0 amide bonds. The van der Waals surface area contributed by atoms with Crippen LogP contribution in [0.4, 0.5) is 0 Å². The molecular weight excluding hydrogens is 220 g/mol. The number of rotatable bonds is 3. The zero-order chi connectivity index (χ0) is 12.5. The molecule has 0 saturated carbocycles. The summed E-state index contributed by atoms with van der Waals surface area (Å²) in [6.45, 7) is 1.86. The molecule has 1 aliphatic heterocycles. The number of allylic oxidation sites excluding steroid dienone is 1. The first-order chi connectivity index (χ1) is 8.06. The Balaban J connectivity index is 2.53. The van der Waals surface area contributed by atoms with E-state index in [0.717, 1.165) is 5.56 Å². The maximum absolute atomic E-state index is 11.7. The summed E-state index contributed by atoms with van der Waals surface area (Å²) < 4.78 is 0. The van der Waals surface area contributed by atoms with E-state index < -0.39 is 17.3 Å². The summed E-state index contributed by atoms with van der Waals surface area (Å²) >= 11 is 0. The van der Waals surface area contributed by atoms with Crippen molar-refractivity contribution in [2.24, 2.45) is 4.99 Å². The minimum atomic E-state index is -1.52. The number of carboxylic acids is 1. The smallest absolute Gasteiger partial charge is 0.375 e. The van der Waals surface area contributed by atoms with Gasteiger partial charge in [0.2, 0.25) is 0 Å². The van der Waals surface area contributed by atoms with Crippen LogP contribution >= 0.6 is 0 Å². The van der Waals surface area contributed by atoms with Gasteiger partial charge in [-0.2, -0.15) is 0 Å². The third-order valence-electron chi connectivity index (χ3n) is 2.54. The fourth-order valence-corrected chi connectivity index (χ4v) is 1.64. The molecular formula is C12H10N2O3. The Hall–Kier alpha value is -2.30. The molecule has 5 heteroatoms. The van der Waals surface area contributed by atoms with Crippen molar-refractivity contribution in [3.8, 4) is 0 Å². The Kier molecular flexibility index (Phi) is 2.59. The Morgan fingerprint density at radius 1 is 1.35 bits per heavy atom. The van der Waals surface area contributed by atoms with Crippen LogP contribution in [-0.4, -0.2) is 28.1 Å². The van der Waals surface area contributed by atoms with E-state index in [4.69, 9.17) is 5.11 Å². The maximum atomic E-state index is 11.7. The van der Waals surface area contributed by atoms with Gasteiger partial charge in [0, 0.05) is 12.4 Å². The van der Waals surface area contributed by atoms with Crippen LogP contribution in [0.2, 0.25) is 0 Å². The molecule has 0 aliphatic carbocycles. The molecule has 2 rings (SSSR count). The lowest BCUT2D eigenvalue weighted by Gasteiger charge is -2.19. The maximum Gasteiger partial charge on any atom is 0.375 e. The van der Waals surface area contributed by atoms with Crippen LogP contribution < -0.4 is 0 Å². The molecule has 5 nitrogen and oxygen atoms in total. The quantitative estimate of drug-likeness (QED) is 0.781. The lowest BCUT2D eigenvalue weighted by molar-refractivity contribution is -0.151. The van der Waals surface area contributed by atoms with Gasteiger partial charge in [0.05, 0.1) is 5.69 Å². The molecule has 86 valence electrons. The minimum absolute atomic E-state index is 0.320. The molecule has 0 saturated heterocycles. The van der Waals surface area contributed by atoms with Crippen molar-refractivity contribution in [1.29, 1.82) is 0 Å². The number of hydrogen-bond acceptors (Lipinski definition) is 4. The summed E-state index contributed by atoms with van der Waals surface area (Å²) in [5.41, 5.74) is -0.252. The number of carbonyl (C=O) groups is 2. The van der Waals surface area contributed by atoms with E-state index in [1.165, 1.54) is 12.3 Å². The fraction of sp³-hybridized carbons (Fsp3) is 0.167. The number of ketones is 1. The zero-order valence-corrected chi connectivity index (χ0v) is 9.12. The zero-order valence-electron chi connectivity index (χ0n) is 9.12. The summed E-state index contributed by atoms with van der Waals surface area (Å²) in [7, 11) is 0. The largest absolute Gasteiger partial charge is 0.475 e. The molecule has 0 aromatic carbocycles. The first-order valence-electron chi connectivity index (χ1n) is 5.00. The van der Waals surface area contributed by atoms with Gasteiger partial charge in [-0.1, -0.05) is 6.07 Å². The summed E-state index contributed by atoms with van der Waals surface area (Å²) in [6.07, 6.45) is 5.97. The SMILES string of the molecule is Cc1ccc(C2(C(=O)C(=O)O)C=CC=N2)nc1. The van der Waals surface area contributed by atoms with E-state index in [1.807, 2.05) is 6.92 Å².